The highest BCUT2D eigenvalue weighted by atomic mass is 28.3. The Morgan fingerprint density at radius 1 is 1.44 bits per heavy atom. The third-order valence-electron chi connectivity index (χ3n) is 0.883. The molecule has 0 aromatic heterocycles. The summed E-state index contributed by atoms with van der Waals surface area (Å²) >= 11 is 0. The maximum atomic E-state index is 5.23. The summed E-state index contributed by atoms with van der Waals surface area (Å²) in [5.41, 5.74) is 5.23. The molecule has 0 aliphatic rings. The SMILES string of the molecule is CO[SiH](NCCN)OC. The summed E-state index contributed by atoms with van der Waals surface area (Å²) in [5, 5.41) is 0. The van der Waals surface area contributed by atoms with E-state index in [9.17, 15) is 0 Å². The van der Waals surface area contributed by atoms with Gasteiger partial charge in [0.1, 0.15) is 0 Å². The lowest BCUT2D eigenvalue weighted by Crippen LogP contribution is -2.40. The standard InChI is InChI=1S/C4H14N2O2Si/c1-7-9(8-2)6-4-3-5/h6,9H,3-5H2,1-2H3. The van der Waals surface area contributed by atoms with Gasteiger partial charge in [0.15, 0.2) is 0 Å². The van der Waals surface area contributed by atoms with Gasteiger partial charge in [-0.1, -0.05) is 0 Å². The van der Waals surface area contributed by atoms with Crippen LogP contribution < -0.4 is 10.7 Å². The zero-order valence-corrected chi connectivity index (χ0v) is 7.04. The van der Waals surface area contributed by atoms with Crippen molar-refractivity contribution in [2.45, 2.75) is 0 Å². The molecule has 3 N–H and O–H groups in total. The third kappa shape index (κ3) is 4.55. The Balaban J connectivity index is 3.09. The lowest BCUT2D eigenvalue weighted by Gasteiger charge is -2.10. The molecule has 0 rings (SSSR count). The van der Waals surface area contributed by atoms with Crippen LogP contribution in [-0.2, 0) is 8.85 Å². The highest BCUT2D eigenvalue weighted by molar-refractivity contribution is 6.41. The van der Waals surface area contributed by atoms with Gasteiger partial charge in [0.25, 0.3) is 0 Å². The van der Waals surface area contributed by atoms with E-state index in [1.165, 1.54) is 0 Å². The summed E-state index contributed by atoms with van der Waals surface area (Å²) in [7, 11) is 1.72. The molecule has 0 fully saturated rings. The van der Waals surface area contributed by atoms with Crippen LogP contribution in [0.1, 0.15) is 0 Å². The minimum atomic E-state index is -1.54. The first kappa shape index (κ1) is 9.06. The van der Waals surface area contributed by atoms with E-state index >= 15 is 0 Å². The molecule has 0 saturated heterocycles. The highest BCUT2D eigenvalue weighted by Gasteiger charge is 2.05. The Bertz CT molecular complexity index is 60.5. The van der Waals surface area contributed by atoms with Gasteiger partial charge in [0, 0.05) is 27.3 Å². The van der Waals surface area contributed by atoms with Gasteiger partial charge in [-0.2, -0.15) is 0 Å². The summed E-state index contributed by atoms with van der Waals surface area (Å²) in [6, 6.07) is 0. The van der Waals surface area contributed by atoms with Crippen LogP contribution >= 0.6 is 0 Å². The van der Waals surface area contributed by atoms with E-state index in [0.717, 1.165) is 6.54 Å². The fourth-order valence-corrected chi connectivity index (χ4v) is 1.39. The van der Waals surface area contributed by atoms with Crippen molar-refractivity contribution in [3.05, 3.63) is 0 Å². The molecular weight excluding hydrogens is 136 g/mol. The lowest BCUT2D eigenvalue weighted by atomic mass is 10.7. The van der Waals surface area contributed by atoms with Gasteiger partial charge >= 0.3 is 9.45 Å². The van der Waals surface area contributed by atoms with Gasteiger partial charge < -0.3 is 14.6 Å². The van der Waals surface area contributed by atoms with Gasteiger partial charge in [0.2, 0.25) is 0 Å². The van der Waals surface area contributed by atoms with Gasteiger partial charge in [-0.25, -0.2) is 0 Å². The fraction of sp³-hybridized carbons (Fsp3) is 1.00. The number of nitrogens with one attached hydrogen (secondary N) is 1. The number of rotatable bonds is 5. The van der Waals surface area contributed by atoms with Crippen LogP contribution in [0.4, 0.5) is 0 Å². The van der Waals surface area contributed by atoms with Gasteiger partial charge in [0.05, 0.1) is 0 Å². The molecule has 0 aromatic rings. The zero-order chi connectivity index (χ0) is 7.11. The lowest BCUT2D eigenvalue weighted by molar-refractivity contribution is 0.265. The van der Waals surface area contributed by atoms with Gasteiger partial charge in [-0.05, 0) is 0 Å². The van der Waals surface area contributed by atoms with E-state index in [2.05, 4.69) is 4.98 Å². The average molecular weight is 150 g/mol. The van der Waals surface area contributed by atoms with Crippen molar-refractivity contribution in [2.24, 2.45) is 5.73 Å². The number of hydrogen-bond donors (Lipinski definition) is 2. The Morgan fingerprint density at radius 2 is 2.00 bits per heavy atom. The van der Waals surface area contributed by atoms with E-state index in [1.807, 2.05) is 0 Å². The first-order chi connectivity index (χ1) is 4.35. The van der Waals surface area contributed by atoms with Crippen LogP contribution in [-0.4, -0.2) is 36.8 Å². The smallest absolute Gasteiger partial charge is 0.388 e. The average Bonchev–Trinajstić information content (AvgIpc) is 1.91. The molecule has 0 atom stereocenters. The van der Waals surface area contributed by atoms with Crippen LogP contribution in [0.15, 0.2) is 0 Å². The van der Waals surface area contributed by atoms with Crippen molar-refractivity contribution in [1.82, 2.24) is 4.98 Å². The molecular formula is C4H14N2O2Si. The molecule has 0 saturated carbocycles. The third-order valence-corrected chi connectivity index (χ3v) is 2.36. The molecule has 0 aliphatic heterocycles. The molecule has 56 valence electrons. The summed E-state index contributed by atoms with van der Waals surface area (Å²) in [6.07, 6.45) is 0. The minimum Gasteiger partial charge on any atom is -0.388 e. The molecule has 0 aromatic carbocycles. The Morgan fingerprint density at radius 3 is 2.33 bits per heavy atom. The largest absolute Gasteiger partial charge is 0.407 e. The second-order valence-corrected chi connectivity index (χ2v) is 3.56. The van der Waals surface area contributed by atoms with Crippen molar-refractivity contribution in [3.8, 4) is 0 Å². The van der Waals surface area contributed by atoms with E-state index in [4.69, 9.17) is 14.6 Å². The summed E-state index contributed by atoms with van der Waals surface area (Å²) in [6.45, 7) is 1.38. The fourth-order valence-electron chi connectivity index (χ4n) is 0.464. The molecule has 0 amide bonds. The van der Waals surface area contributed by atoms with Crippen LogP contribution in [0.5, 0.6) is 0 Å². The summed E-state index contributed by atoms with van der Waals surface area (Å²) < 4.78 is 9.90. The predicted octanol–water partition coefficient (Wildman–Crippen LogP) is -1.46. The molecule has 0 spiro atoms. The predicted molar refractivity (Wildman–Crippen MR) is 38.2 cm³/mol. The number of hydrogen-bond acceptors (Lipinski definition) is 4. The van der Waals surface area contributed by atoms with Gasteiger partial charge in [-0.3, -0.25) is 4.98 Å². The minimum absolute atomic E-state index is 0.621. The monoisotopic (exact) mass is 150 g/mol. The highest BCUT2D eigenvalue weighted by Crippen LogP contribution is 1.75. The quantitative estimate of drug-likeness (QED) is 0.471. The van der Waals surface area contributed by atoms with Crippen LogP contribution in [0.25, 0.3) is 0 Å². The second-order valence-electron chi connectivity index (χ2n) is 1.55. The van der Waals surface area contributed by atoms with Gasteiger partial charge in [-0.15, -0.1) is 0 Å². The topological polar surface area (TPSA) is 56.5 Å². The normalized spacial score (nSPS) is 10.7. The van der Waals surface area contributed by atoms with Crippen molar-refractivity contribution < 1.29 is 8.85 Å². The number of nitrogens with two attached hydrogens (primary N) is 1. The zero-order valence-electron chi connectivity index (χ0n) is 5.89. The van der Waals surface area contributed by atoms with Crippen molar-refractivity contribution >= 4 is 9.45 Å². The molecule has 4 nitrogen and oxygen atoms in total. The molecule has 0 bridgehead atoms. The summed E-state index contributed by atoms with van der Waals surface area (Å²) in [4.78, 5) is 3.04. The Kier molecular flexibility index (Phi) is 6.22. The molecule has 0 radical (unpaired) electrons. The molecule has 9 heavy (non-hydrogen) atoms. The Labute approximate surface area is 57.3 Å². The molecule has 5 heteroatoms. The molecule has 0 heterocycles. The Hall–Kier alpha value is 0.0569. The van der Waals surface area contributed by atoms with E-state index in [1.54, 1.807) is 14.2 Å². The first-order valence-electron chi connectivity index (χ1n) is 2.84. The van der Waals surface area contributed by atoms with E-state index in [0.29, 0.717) is 6.54 Å². The summed E-state index contributed by atoms with van der Waals surface area (Å²) in [5.74, 6) is 0. The second kappa shape index (κ2) is 6.18. The van der Waals surface area contributed by atoms with Crippen LogP contribution in [0.3, 0.4) is 0 Å². The van der Waals surface area contributed by atoms with Crippen LogP contribution in [0, 0.1) is 0 Å². The van der Waals surface area contributed by atoms with E-state index in [-0.39, 0.29) is 0 Å². The van der Waals surface area contributed by atoms with E-state index < -0.39 is 9.45 Å². The maximum Gasteiger partial charge on any atom is 0.407 e. The van der Waals surface area contributed by atoms with Crippen molar-refractivity contribution in [3.63, 3.8) is 0 Å². The first-order valence-corrected chi connectivity index (χ1v) is 4.36. The van der Waals surface area contributed by atoms with Crippen LogP contribution in [0.2, 0.25) is 0 Å². The van der Waals surface area contributed by atoms with Crippen molar-refractivity contribution in [2.75, 3.05) is 27.3 Å². The molecule has 0 aliphatic carbocycles. The maximum absolute atomic E-state index is 5.23. The molecule has 0 unspecified atom stereocenters. The van der Waals surface area contributed by atoms with Crippen molar-refractivity contribution in [1.29, 1.82) is 0 Å².